The van der Waals surface area contributed by atoms with Crippen LogP contribution in [0.3, 0.4) is 0 Å². The molecule has 1 atom stereocenters. The van der Waals surface area contributed by atoms with Crippen LogP contribution in [0.5, 0.6) is 11.5 Å². The van der Waals surface area contributed by atoms with Gasteiger partial charge in [-0.15, -0.1) is 11.3 Å². The molecule has 1 amide bonds. The zero-order chi connectivity index (χ0) is 20.5. The van der Waals surface area contributed by atoms with Crippen molar-refractivity contribution in [3.8, 4) is 11.5 Å². The number of ether oxygens (including phenoxy) is 2. The molecule has 7 heteroatoms. The molecule has 0 saturated carbocycles. The van der Waals surface area contributed by atoms with Gasteiger partial charge in [0, 0.05) is 16.9 Å². The SMILES string of the molecule is CC1(C)Cc2cccc(OCC(=O)NC[C@](O)(c3ccco3)c3cccs3)c2O1. The number of carbonyl (C=O) groups is 1. The molecule has 152 valence electrons. The van der Waals surface area contributed by atoms with Gasteiger partial charge in [-0.05, 0) is 43.5 Å². The average Bonchev–Trinajstić information content (AvgIpc) is 3.44. The van der Waals surface area contributed by atoms with Gasteiger partial charge in [-0.2, -0.15) is 0 Å². The van der Waals surface area contributed by atoms with Gasteiger partial charge in [0.25, 0.3) is 5.91 Å². The highest BCUT2D eigenvalue weighted by atomic mass is 32.1. The van der Waals surface area contributed by atoms with Gasteiger partial charge in [0.1, 0.15) is 11.4 Å². The molecule has 2 aromatic heterocycles. The van der Waals surface area contributed by atoms with Gasteiger partial charge in [-0.1, -0.05) is 18.2 Å². The Morgan fingerprint density at radius 1 is 1.28 bits per heavy atom. The Morgan fingerprint density at radius 3 is 2.86 bits per heavy atom. The summed E-state index contributed by atoms with van der Waals surface area (Å²) in [5, 5.41) is 15.8. The van der Waals surface area contributed by atoms with Crippen LogP contribution in [0.15, 0.2) is 58.5 Å². The van der Waals surface area contributed by atoms with Crippen molar-refractivity contribution >= 4 is 17.2 Å². The van der Waals surface area contributed by atoms with Crippen LogP contribution < -0.4 is 14.8 Å². The Kier molecular flexibility index (Phi) is 5.10. The first-order valence-corrected chi connectivity index (χ1v) is 10.3. The Hall–Kier alpha value is -2.77. The van der Waals surface area contributed by atoms with Crippen LogP contribution >= 0.6 is 11.3 Å². The van der Waals surface area contributed by atoms with Crippen LogP contribution in [0.2, 0.25) is 0 Å². The molecule has 2 N–H and O–H groups in total. The Balaban J connectivity index is 1.40. The van der Waals surface area contributed by atoms with Crippen molar-refractivity contribution in [1.82, 2.24) is 5.32 Å². The molecule has 0 bridgehead atoms. The summed E-state index contributed by atoms with van der Waals surface area (Å²) in [6.45, 7) is 3.83. The predicted molar refractivity (Wildman–Crippen MR) is 109 cm³/mol. The summed E-state index contributed by atoms with van der Waals surface area (Å²) in [5.74, 6) is 1.26. The molecule has 29 heavy (non-hydrogen) atoms. The number of nitrogens with one attached hydrogen (secondary N) is 1. The monoisotopic (exact) mass is 413 g/mol. The Morgan fingerprint density at radius 2 is 2.14 bits per heavy atom. The number of amides is 1. The molecule has 4 rings (SSSR count). The van der Waals surface area contributed by atoms with Crippen LogP contribution in [0, 0.1) is 0 Å². The minimum Gasteiger partial charge on any atom is -0.483 e. The molecule has 3 heterocycles. The lowest BCUT2D eigenvalue weighted by Gasteiger charge is -2.25. The first-order chi connectivity index (χ1) is 13.9. The first-order valence-electron chi connectivity index (χ1n) is 9.38. The zero-order valence-electron chi connectivity index (χ0n) is 16.3. The van der Waals surface area contributed by atoms with E-state index >= 15 is 0 Å². The Labute approximate surface area is 173 Å². The molecule has 0 saturated heterocycles. The van der Waals surface area contributed by atoms with Gasteiger partial charge in [-0.3, -0.25) is 4.79 Å². The number of carbonyl (C=O) groups excluding carboxylic acids is 1. The summed E-state index contributed by atoms with van der Waals surface area (Å²) in [5.41, 5.74) is -0.656. The van der Waals surface area contributed by atoms with Gasteiger partial charge in [-0.25, -0.2) is 0 Å². The molecule has 3 aromatic rings. The maximum absolute atomic E-state index is 12.4. The highest BCUT2D eigenvalue weighted by Crippen LogP contribution is 2.41. The van der Waals surface area contributed by atoms with E-state index < -0.39 is 5.60 Å². The molecular formula is C22H23NO5S. The van der Waals surface area contributed by atoms with Crippen molar-refractivity contribution in [3.05, 3.63) is 70.3 Å². The quantitative estimate of drug-likeness (QED) is 0.620. The van der Waals surface area contributed by atoms with Crippen LogP contribution in [0.4, 0.5) is 0 Å². The molecular weight excluding hydrogens is 390 g/mol. The number of fused-ring (bicyclic) bond motifs is 1. The third-order valence-corrected chi connectivity index (χ3v) is 5.83. The third-order valence-electron chi connectivity index (χ3n) is 4.81. The topological polar surface area (TPSA) is 80.9 Å². The first kappa shape index (κ1) is 19.5. The third kappa shape index (κ3) is 4.02. The minimum atomic E-state index is -1.44. The number of para-hydroxylation sites is 1. The summed E-state index contributed by atoms with van der Waals surface area (Å²) in [4.78, 5) is 13.1. The van der Waals surface area contributed by atoms with E-state index in [1.807, 2.05) is 43.5 Å². The van der Waals surface area contributed by atoms with Crippen molar-refractivity contribution in [2.45, 2.75) is 31.5 Å². The second kappa shape index (κ2) is 7.57. The second-order valence-corrected chi connectivity index (χ2v) is 8.61. The average molecular weight is 413 g/mol. The number of benzene rings is 1. The van der Waals surface area contributed by atoms with Crippen LogP contribution in [0.25, 0.3) is 0 Å². The fourth-order valence-corrected chi connectivity index (χ4v) is 4.27. The van der Waals surface area contributed by atoms with Crippen LogP contribution in [-0.4, -0.2) is 29.8 Å². The van der Waals surface area contributed by atoms with Crippen molar-refractivity contribution in [2.75, 3.05) is 13.2 Å². The predicted octanol–water partition coefficient (Wildman–Crippen LogP) is 3.49. The number of rotatable bonds is 7. The van der Waals surface area contributed by atoms with E-state index in [0.717, 1.165) is 12.0 Å². The van der Waals surface area contributed by atoms with E-state index in [4.69, 9.17) is 13.9 Å². The molecule has 0 aliphatic carbocycles. The standard InChI is InChI=1S/C22H23NO5S/c1-21(2)12-15-6-3-7-16(20(15)28-21)27-13-19(24)23-14-22(25,17-8-4-10-26-17)18-9-5-11-29-18/h3-11,25H,12-14H2,1-2H3,(H,23,24)/t22-/m0/s1. The van der Waals surface area contributed by atoms with E-state index in [0.29, 0.717) is 22.1 Å². The maximum Gasteiger partial charge on any atom is 0.258 e. The second-order valence-electron chi connectivity index (χ2n) is 7.66. The number of thiophene rings is 1. The smallest absolute Gasteiger partial charge is 0.258 e. The molecule has 0 spiro atoms. The number of aliphatic hydroxyl groups is 1. The van der Waals surface area contributed by atoms with Crippen molar-refractivity contribution in [3.63, 3.8) is 0 Å². The van der Waals surface area contributed by atoms with Gasteiger partial charge < -0.3 is 24.3 Å². The van der Waals surface area contributed by atoms with E-state index in [-0.39, 0.29) is 24.7 Å². The summed E-state index contributed by atoms with van der Waals surface area (Å²) in [7, 11) is 0. The van der Waals surface area contributed by atoms with E-state index in [1.165, 1.54) is 17.6 Å². The van der Waals surface area contributed by atoms with E-state index in [9.17, 15) is 9.90 Å². The molecule has 0 unspecified atom stereocenters. The largest absolute Gasteiger partial charge is 0.483 e. The highest BCUT2D eigenvalue weighted by Gasteiger charge is 2.36. The number of hydrogen-bond donors (Lipinski definition) is 2. The summed E-state index contributed by atoms with van der Waals surface area (Å²) in [6, 6.07) is 12.7. The lowest BCUT2D eigenvalue weighted by Crippen LogP contribution is -2.42. The molecule has 1 aromatic carbocycles. The summed E-state index contributed by atoms with van der Waals surface area (Å²) in [6.07, 6.45) is 2.29. The lowest BCUT2D eigenvalue weighted by atomic mass is 9.98. The number of furan rings is 1. The van der Waals surface area contributed by atoms with Crippen molar-refractivity contribution in [1.29, 1.82) is 0 Å². The van der Waals surface area contributed by atoms with Crippen LogP contribution in [-0.2, 0) is 16.8 Å². The fraction of sp³-hybridized carbons (Fsp3) is 0.318. The molecule has 6 nitrogen and oxygen atoms in total. The van der Waals surface area contributed by atoms with Gasteiger partial charge in [0.05, 0.1) is 12.8 Å². The Bertz CT molecular complexity index is 945. The normalized spacial score (nSPS) is 16.5. The minimum absolute atomic E-state index is 0.0281. The summed E-state index contributed by atoms with van der Waals surface area (Å²) < 4.78 is 17.1. The van der Waals surface area contributed by atoms with Gasteiger partial charge in [0.2, 0.25) is 0 Å². The summed E-state index contributed by atoms with van der Waals surface area (Å²) >= 11 is 1.39. The van der Waals surface area contributed by atoms with Gasteiger partial charge in [0.15, 0.2) is 23.7 Å². The van der Waals surface area contributed by atoms with Gasteiger partial charge >= 0.3 is 0 Å². The van der Waals surface area contributed by atoms with E-state index in [1.54, 1.807) is 18.2 Å². The zero-order valence-corrected chi connectivity index (χ0v) is 17.1. The molecule has 1 aliphatic heterocycles. The molecule has 0 radical (unpaired) electrons. The van der Waals surface area contributed by atoms with E-state index in [2.05, 4.69) is 5.32 Å². The number of hydrogen-bond acceptors (Lipinski definition) is 6. The molecule has 0 fully saturated rings. The molecule has 1 aliphatic rings. The van der Waals surface area contributed by atoms with Crippen molar-refractivity contribution in [2.24, 2.45) is 0 Å². The maximum atomic E-state index is 12.4. The van der Waals surface area contributed by atoms with Crippen LogP contribution in [0.1, 0.15) is 30.0 Å². The van der Waals surface area contributed by atoms with Crippen molar-refractivity contribution < 1.29 is 23.8 Å². The lowest BCUT2D eigenvalue weighted by molar-refractivity contribution is -0.124. The highest BCUT2D eigenvalue weighted by molar-refractivity contribution is 7.10. The fourth-order valence-electron chi connectivity index (χ4n) is 3.45.